The standard InChI is InChI=1S/C16H24ClN3O3/c1-19-4-3-5-20(7-6-19)10-12-8-13(17)16(14(9-12)22-2)23-11-15(18)21/h8-9H,3-7,10-11H2,1-2H3,(H2,18,21). The number of primary amides is 1. The number of carbonyl (C=O) groups is 1. The summed E-state index contributed by atoms with van der Waals surface area (Å²) in [5.41, 5.74) is 6.16. The molecule has 1 heterocycles. The van der Waals surface area contributed by atoms with Crippen LogP contribution in [0.2, 0.25) is 5.02 Å². The lowest BCUT2D eigenvalue weighted by molar-refractivity contribution is -0.119. The van der Waals surface area contributed by atoms with Gasteiger partial charge >= 0.3 is 0 Å². The number of amides is 1. The maximum Gasteiger partial charge on any atom is 0.255 e. The lowest BCUT2D eigenvalue weighted by atomic mass is 10.1. The van der Waals surface area contributed by atoms with Gasteiger partial charge < -0.3 is 20.1 Å². The molecule has 0 bridgehead atoms. The van der Waals surface area contributed by atoms with Crippen LogP contribution in [0.3, 0.4) is 0 Å². The van der Waals surface area contributed by atoms with E-state index in [4.69, 9.17) is 26.8 Å². The monoisotopic (exact) mass is 341 g/mol. The van der Waals surface area contributed by atoms with E-state index in [2.05, 4.69) is 16.8 Å². The maximum absolute atomic E-state index is 10.9. The molecule has 23 heavy (non-hydrogen) atoms. The molecule has 0 saturated carbocycles. The van der Waals surface area contributed by atoms with Crippen LogP contribution in [0.15, 0.2) is 12.1 Å². The second-order valence-corrected chi connectivity index (χ2v) is 6.20. The van der Waals surface area contributed by atoms with E-state index in [0.29, 0.717) is 16.5 Å². The van der Waals surface area contributed by atoms with E-state index in [1.54, 1.807) is 7.11 Å². The third-order valence-electron chi connectivity index (χ3n) is 3.87. The number of rotatable bonds is 6. The van der Waals surface area contributed by atoms with Gasteiger partial charge in [0.05, 0.1) is 12.1 Å². The van der Waals surface area contributed by atoms with E-state index < -0.39 is 5.91 Å². The largest absolute Gasteiger partial charge is 0.493 e. The van der Waals surface area contributed by atoms with Crippen molar-refractivity contribution in [3.8, 4) is 11.5 Å². The molecule has 1 aromatic carbocycles. The van der Waals surface area contributed by atoms with E-state index in [9.17, 15) is 4.79 Å². The summed E-state index contributed by atoms with van der Waals surface area (Å²) < 4.78 is 10.7. The van der Waals surface area contributed by atoms with Gasteiger partial charge in [-0.05, 0) is 44.3 Å². The van der Waals surface area contributed by atoms with Crippen molar-refractivity contribution in [2.45, 2.75) is 13.0 Å². The topological polar surface area (TPSA) is 68.0 Å². The smallest absolute Gasteiger partial charge is 0.255 e. The zero-order valence-corrected chi connectivity index (χ0v) is 14.4. The average Bonchev–Trinajstić information content (AvgIpc) is 2.70. The van der Waals surface area contributed by atoms with Gasteiger partial charge in [-0.2, -0.15) is 0 Å². The van der Waals surface area contributed by atoms with Gasteiger partial charge in [-0.15, -0.1) is 0 Å². The molecule has 0 spiro atoms. The molecule has 1 aliphatic rings. The number of methoxy groups -OCH3 is 1. The number of benzene rings is 1. The molecule has 1 aromatic rings. The summed E-state index contributed by atoms with van der Waals surface area (Å²) in [4.78, 5) is 15.6. The summed E-state index contributed by atoms with van der Waals surface area (Å²) >= 11 is 6.29. The lowest BCUT2D eigenvalue weighted by Crippen LogP contribution is -2.28. The molecular formula is C16H24ClN3O3. The SMILES string of the molecule is COc1cc(CN2CCCN(C)CC2)cc(Cl)c1OCC(N)=O. The molecule has 1 aliphatic heterocycles. The Hall–Kier alpha value is -1.50. The van der Waals surface area contributed by atoms with Crippen LogP contribution < -0.4 is 15.2 Å². The van der Waals surface area contributed by atoms with Crippen LogP contribution in [0.25, 0.3) is 0 Å². The number of hydrogen-bond donors (Lipinski definition) is 1. The van der Waals surface area contributed by atoms with Crippen LogP contribution >= 0.6 is 11.6 Å². The Morgan fingerprint density at radius 3 is 2.78 bits per heavy atom. The molecule has 0 aromatic heterocycles. The number of hydrogen-bond acceptors (Lipinski definition) is 5. The number of carbonyl (C=O) groups excluding carboxylic acids is 1. The first kappa shape index (κ1) is 17.8. The molecule has 0 atom stereocenters. The summed E-state index contributed by atoms with van der Waals surface area (Å²) in [6.07, 6.45) is 1.15. The summed E-state index contributed by atoms with van der Waals surface area (Å²) in [6.45, 7) is 4.85. The van der Waals surface area contributed by atoms with Crippen LogP contribution in [-0.4, -0.2) is 62.7 Å². The van der Waals surface area contributed by atoms with Gasteiger partial charge in [0.2, 0.25) is 0 Å². The second kappa shape index (κ2) is 8.38. The Kier molecular flexibility index (Phi) is 6.50. The average molecular weight is 342 g/mol. The summed E-state index contributed by atoms with van der Waals surface area (Å²) in [7, 11) is 3.70. The van der Waals surface area contributed by atoms with Crippen LogP contribution in [0.1, 0.15) is 12.0 Å². The normalized spacial score (nSPS) is 16.8. The minimum absolute atomic E-state index is 0.228. The summed E-state index contributed by atoms with van der Waals surface area (Å²) in [5.74, 6) is 0.314. The molecule has 0 radical (unpaired) electrons. The van der Waals surface area contributed by atoms with E-state index in [1.807, 2.05) is 12.1 Å². The lowest BCUT2D eigenvalue weighted by Gasteiger charge is -2.21. The molecule has 2 rings (SSSR count). The fourth-order valence-electron chi connectivity index (χ4n) is 2.66. The van der Waals surface area contributed by atoms with Crippen LogP contribution in [0.5, 0.6) is 11.5 Å². The van der Waals surface area contributed by atoms with Gasteiger partial charge in [0.15, 0.2) is 18.1 Å². The third-order valence-corrected chi connectivity index (χ3v) is 4.15. The number of likely N-dealkylation sites (N-methyl/N-ethyl adjacent to an activating group) is 1. The quantitative estimate of drug-likeness (QED) is 0.846. The van der Waals surface area contributed by atoms with Crippen molar-refractivity contribution < 1.29 is 14.3 Å². The number of nitrogens with two attached hydrogens (primary N) is 1. The molecule has 6 nitrogen and oxygen atoms in total. The first-order valence-corrected chi connectivity index (χ1v) is 8.06. The maximum atomic E-state index is 10.9. The van der Waals surface area contributed by atoms with Crippen molar-refractivity contribution in [2.75, 3.05) is 46.9 Å². The summed E-state index contributed by atoms with van der Waals surface area (Å²) in [6, 6.07) is 3.76. The predicted molar refractivity (Wildman–Crippen MR) is 90.1 cm³/mol. The Morgan fingerprint density at radius 2 is 2.09 bits per heavy atom. The predicted octanol–water partition coefficient (Wildman–Crippen LogP) is 1.35. The van der Waals surface area contributed by atoms with Crippen molar-refractivity contribution in [3.63, 3.8) is 0 Å². The number of ether oxygens (including phenoxy) is 2. The van der Waals surface area contributed by atoms with Crippen molar-refractivity contribution in [2.24, 2.45) is 5.73 Å². The van der Waals surface area contributed by atoms with Crippen LogP contribution in [0.4, 0.5) is 0 Å². The molecule has 0 aliphatic carbocycles. The second-order valence-electron chi connectivity index (χ2n) is 5.80. The molecule has 1 fully saturated rings. The fourth-order valence-corrected chi connectivity index (χ4v) is 2.95. The Bertz CT molecular complexity index is 554. The minimum Gasteiger partial charge on any atom is -0.493 e. The van der Waals surface area contributed by atoms with Gasteiger partial charge in [0.25, 0.3) is 5.91 Å². The van der Waals surface area contributed by atoms with Crippen molar-refractivity contribution in [3.05, 3.63) is 22.7 Å². The Balaban J connectivity index is 2.10. The third kappa shape index (κ3) is 5.27. The van der Waals surface area contributed by atoms with E-state index in [-0.39, 0.29) is 6.61 Å². The van der Waals surface area contributed by atoms with Gasteiger partial charge in [-0.25, -0.2) is 0 Å². The van der Waals surface area contributed by atoms with Crippen molar-refractivity contribution >= 4 is 17.5 Å². The van der Waals surface area contributed by atoms with Crippen molar-refractivity contribution in [1.29, 1.82) is 0 Å². The molecule has 1 saturated heterocycles. The van der Waals surface area contributed by atoms with E-state index >= 15 is 0 Å². The highest BCUT2D eigenvalue weighted by molar-refractivity contribution is 6.32. The first-order valence-electron chi connectivity index (χ1n) is 7.68. The van der Waals surface area contributed by atoms with E-state index in [0.717, 1.165) is 44.7 Å². The molecule has 128 valence electrons. The number of nitrogens with zero attached hydrogens (tertiary/aromatic N) is 2. The molecule has 1 amide bonds. The minimum atomic E-state index is -0.555. The number of halogens is 1. The van der Waals surface area contributed by atoms with E-state index in [1.165, 1.54) is 0 Å². The highest BCUT2D eigenvalue weighted by Crippen LogP contribution is 2.36. The molecule has 0 unspecified atom stereocenters. The highest BCUT2D eigenvalue weighted by atomic mass is 35.5. The Labute approximate surface area is 142 Å². The zero-order chi connectivity index (χ0) is 16.8. The highest BCUT2D eigenvalue weighted by Gasteiger charge is 2.16. The zero-order valence-electron chi connectivity index (χ0n) is 13.7. The van der Waals surface area contributed by atoms with Gasteiger partial charge in [0.1, 0.15) is 0 Å². The molecular weight excluding hydrogens is 318 g/mol. The molecule has 7 heteroatoms. The van der Waals surface area contributed by atoms with Crippen molar-refractivity contribution in [1.82, 2.24) is 9.80 Å². The van der Waals surface area contributed by atoms with Crippen LogP contribution in [-0.2, 0) is 11.3 Å². The van der Waals surface area contributed by atoms with Gasteiger partial charge in [0, 0.05) is 19.6 Å². The van der Waals surface area contributed by atoms with Crippen LogP contribution in [0, 0.1) is 0 Å². The fraction of sp³-hybridized carbons (Fsp3) is 0.562. The molecule has 2 N–H and O–H groups in total. The summed E-state index contributed by atoms with van der Waals surface area (Å²) in [5, 5.41) is 0.424. The van der Waals surface area contributed by atoms with Gasteiger partial charge in [-0.3, -0.25) is 9.69 Å². The van der Waals surface area contributed by atoms with Gasteiger partial charge in [-0.1, -0.05) is 11.6 Å². The Morgan fingerprint density at radius 1 is 1.30 bits per heavy atom. The first-order chi connectivity index (χ1) is 11.0.